The molecular formula is C15H17N5O2S2. The number of rotatable bonds is 7. The maximum Gasteiger partial charge on any atom is 0.269 e. The van der Waals surface area contributed by atoms with Gasteiger partial charge in [0.15, 0.2) is 4.34 Å². The zero-order valence-corrected chi connectivity index (χ0v) is 14.6. The van der Waals surface area contributed by atoms with E-state index in [1.165, 1.54) is 23.1 Å². The summed E-state index contributed by atoms with van der Waals surface area (Å²) >= 11 is 2.62. The second-order valence-electron chi connectivity index (χ2n) is 4.61. The van der Waals surface area contributed by atoms with Crippen LogP contribution in [0.3, 0.4) is 0 Å². The van der Waals surface area contributed by atoms with Gasteiger partial charge in [0.05, 0.1) is 5.25 Å². The van der Waals surface area contributed by atoms with Crippen LogP contribution in [0.2, 0.25) is 0 Å². The molecule has 1 aromatic carbocycles. The average molecular weight is 363 g/mol. The summed E-state index contributed by atoms with van der Waals surface area (Å²) in [6.07, 6.45) is 1.72. The fraction of sp³-hybridized carbons (Fsp3) is 0.200. The van der Waals surface area contributed by atoms with Crippen molar-refractivity contribution in [3.8, 4) is 0 Å². The zero-order chi connectivity index (χ0) is 17.4. The van der Waals surface area contributed by atoms with Crippen molar-refractivity contribution in [3.05, 3.63) is 48.6 Å². The van der Waals surface area contributed by atoms with E-state index in [0.29, 0.717) is 21.6 Å². The van der Waals surface area contributed by atoms with Crippen LogP contribution in [0.15, 0.2) is 47.3 Å². The molecule has 0 saturated carbocycles. The Hall–Kier alpha value is -2.39. The van der Waals surface area contributed by atoms with Crippen molar-refractivity contribution in [2.75, 3.05) is 11.9 Å². The van der Waals surface area contributed by atoms with Gasteiger partial charge in [-0.3, -0.25) is 20.4 Å². The van der Waals surface area contributed by atoms with Gasteiger partial charge in [0, 0.05) is 12.1 Å². The highest BCUT2D eigenvalue weighted by Gasteiger charge is 2.18. The third kappa shape index (κ3) is 5.36. The number of nitrogens with zero attached hydrogens (tertiary/aromatic N) is 2. The molecule has 0 bridgehead atoms. The van der Waals surface area contributed by atoms with Crippen molar-refractivity contribution < 1.29 is 9.59 Å². The molecule has 126 valence electrons. The summed E-state index contributed by atoms with van der Waals surface area (Å²) in [4.78, 5) is 23.9. The summed E-state index contributed by atoms with van der Waals surface area (Å²) in [6, 6.07) is 8.65. The first-order chi connectivity index (χ1) is 11.6. The van der Waals surface area contributed by atoms with Gasteiger partial charge in [-0.15, -0.1) is 16.8 Å². The number of benzene rings is 1. The quantitative estimate of drug-likeness (QED) is 0.396. The smallest absolute Gasteiger partial charge is 0.269 e. The van der Waals surface area contributed by atoms with E-state index in [-0.39, 0.29) is 11.8 Å². The van der Waals surface area contributed by atoms with E-state index in [0.717, 1.165) is 0 Å². The molecule has 7 nitrogen and oxygen atoms in total. The lowest BCUT2D eigenvalue weighted by Crippen LogP contribution is -2.44. The van der Waals surface area contributed by atoms with E-state index in [2.05, 4.69) is 32.9 Å². The van der Waals surface area contributed by atoms with Gasteiger partial charge < -0.3 is 5.32 Å². The Morgan fingerprint density at radius 3 is 2.75 bits per heavy atom. The summed E-state index contributed by atoms with van der Waals surface area (Å²) in [5.74, 6) is -0.687. The first-order valence-corrected chi connectivity index (χ1v) is 8.80. The lowest BCUT2D eigenvalue weighted by molar-refractivity contribution is -0.121. The Kier molecular flexibility index (Phi) is 6.76. The van der Waals surface area contributed by atoms with Crippen LogP contribution in [-0.4, -0.2) is 33.8 Å². The van der Waals surface area contributed by atoms with Crippen molar-refractivity contribution >= 4 is 40.0 Å². The van der Waals surface area contributed by atoms with Crippen LogP contribution in [-0.2, 0) is 4.79 Å². The Labute approximate surface area is 147 Å². The van der Waals surface area contributed by atoms with Crippen molar-refractivity contribution in [2.45, 2.75) is 16.5 Å². The van der Waals surface area contributed by atoms with E-state index in [4.69, 9.17) is 0 Å². The molecule has 2 amide bonds. The SMILES string of the molecule is C=CCNc1nnc(S[C@H](C)C(=O)NNC(=O)c2ccccc2)s1. The van der Waals surface area contributed by atoms with Gasteiger partial charge in [0.1, 0.15) is 0 Å². The van der Waals surface area contributed by atoms with Crippen LogP contribution in [0.4, 0.5) is 5.13 Å². The maximum atomic E-state index is 12.0. The number of carbonyl (C=O) groups is 2. The molecule has 0 radical (unpaired) electrons. The molecule has 0 aliphatic rings. The van der Waals surface area contributed by atoms with E-state index < -0.39 is 5.25 Å². The molecule has 1 heterocycles. The first-order valence-electron chi connectivity index (χ1n) is 7.10. The summed E-state index contributed by atoms with van der Waals surface area (Å²) in [5.41, 5.74) is 5.27. The second kappa shape index (κ2) is 9.04. The second-order valence-corrected chi connectivity index (χ2v) is 7.18. The van der Waals surface area contributed by atoms with E-state index >= 15 is 0 Å². The van der Waals surface area contributed by atoms with Crippen LogP contribution in [0, 0.1) is 0 Å². The van der Waals surface area contributed by atoms with E-state index in [9.17, 15) is 9.59 Å². The molecule has 1 aromatic heterocycles. The Bertz CT molecular complexity index is 705. The van der Waals surface area contributed by atoms with Crippen LogP contribution >= 0.6 is 23.1 Å². The third-order valence-corrected chi connectivity index (χ3v) is 4.85. The fourth-order valence-corrected chi connectivity index (χ4v) is 3.48. The van der Waals surface area contributed by atoms with Crippen molar-refractivity contribution in [3.63, 3.8) is 0 Å². The number of amides is 2. The molecule has 0 saturated heterocycles. The number of anilines is 1. The molecule has 0 spiro atoms. The number of thioether (sulfide) groups is 1. The number of nitrogens with one attached hydrogen (secondary N) is 3. The minimum absolute atomic E-state index is 0.319. The predicted octanol–water partition coefficient (Wildman–Crippen LogP) is 2.08. The number of hydrazine groups is 1. The predicted molar refractivity (Wildman–Crippen MR) is 96.0 cm³/mol. The number of hydrogen-bond donors (Lipinski definition) is 3. The summed E-state index contributed by atoms with van der Waals surface area (Å²) < 4.78 is 0.665. The average Bonchev–Trinajstić information content (AvgIpc) is 3.05. The Morgan fingerprint density at radius 2 is 2.04 bits per heavy atom. The lowest BCUT2D eigenvalue weighted by Gasteiger charge is -2.11. The first kappa shape index (κ1) is 18.0. The van der Waals surface area contributed by atoms with Crippen molar-refractivity contribution in [1.29, 1.82) is 0 Å². The highest BCUT2D eigenvalue weighted by Crippen LogP contribution is 2.28. The van der Waals surface area contributed by atoms with Crippen LogP contribution in [0.5, 0.6) is 0 Å². The van der Waals surface area contributed by atoms with Gasteiger partial charge in [0.25, 0.3) is 11.8 Å². The van der Waals surface area contributed by atoms with Gasteiger partial charge in [-0.05, 0) is 19.1 Å². The van der Waals surface area contributed by atoms with Crippen LogP contribution in [0.25, 0.3) is 0 Å². The monoisotopic (exact) mass is 363 g/mol. The van der Waals surface area contributed by atoms with Crippen molar-refractivity contribution in [1.82, 2.24) is 21.0 Å². The topological polar surface area (TPSA) is 96.0 Å². The van der Waals surface area contributed by atoms with Gasteiger partial charge in [-0.2, -0.15) is 0 Å². The van der Waals surface area contributed by atoms with Crippen LogP contribution < -0.4 is 16.2 Å². The molecule has 3 N–H and O–H groups in total. The highest BCUT2D eigenvalue weighted by molar-refractivity contribution is 8.02. The number of hydrogen-bond acceptors (Lipinski definition) is 7. The largest absolute Gasteiger partial charge is 0.357 e. The molecule has 0 unspecified atom stereocenters. The lowest BCUT2D eigenvalue weighted by atomic mass is 10.2. The van der Waals surface area contributed by atoms with Gasteiger partial charge in [0.2, 0.25) is 5.13 Å². The number of aromatic nitrogens is 2. The van der Waals surface area contributed by atoms with E-state index in [1.54, 1.807) is 37.3 Å². The number of carbonyl (C=O) groups excluding carboxylic acids is 2. The molecule has 1 atom stereocenters. The molecule has 2 rings (SSSR count). The standard InChI is InChI=1S/C15H17N5O2S2/c1-3-9-16-14-19-20-15(24-14)23-10(2)12(21)17-18-13(22)11-7-5-4-6-8-11/h3-8,10H,1,9H2,2H3,(H,16,19)(H,17,21)(H,18,22)/t10-/m1/s1. The normalized spacial score (nSPS) is 11.4. The van der Waals surface area contributed by atoms with E-state index in [1.807, 2.05) is 6.07 Å². The molecule has 0 fully saturated rings. The zero-order valence-electron chi connectivity index (χ0n) is 13.0. The van der Waals surface area contributed by atoms with Crippen molar-refractivity contribution in [2.24, 2.45) is 0 Å². The Morgan fingerprint density at radius 1 is 1.29 bits per heavy atom. The molecule has 2 aromatic rings. The molecule has 9 heteroatoms. The summed E-state index contributed by atoms with van der Waals surface area (Å²) in [7, 11) is 0. The van der Waals surface area contributed by atoms with Crippen LogP contribution in [0.1, 0.15) is 17.3 Å². The fourth-order valence-electron chi connectivity index (χ4n) is 1.57. The summed E-state index contributed by atoms with van der Waals surface area (Å²) in [5, 5.41) is 11.2. The van der Waals surface area contributed by atoms with Gasteiger partial charge >= 0.3 is 0 Å². The minimum atomic E-state index is -0.429. The maximum absolute atomic E-state index is 12.0. The van der Waals surface area contributed by atoms with Gasteiger partial charge in [-0.1, -0.05) is 47.4 Å². The molecule has 0 aliphatic heterocycles. The highest BCUT2D eigenvalue weighted by atomic mass is 32.2. The minimum Gasteiger partial charge on any atom is -0.357 e. The van der Waals surface area contributed by atoms with Gasteiger partial charge in [-0.25, -0.2) is 0 Å². The molecule has 24 heavy (non-hydrogen) atoms. The summed E-state index contributed by atoms with van der Waals surface area (Å²) in [6.45, 7) is 5.94. The molecular weight excluding hydrogens is 346 g/mol. The Balaban J connectivity index is 1.80. The third-order valence-electron chi connectivity index (χ3n) is 2.79. The molecule has 0 aliphatic carbocycles.